The maximum Gasteiger partial charge on any atom is 0.134 e. The minimum Gasteiger partial charge on any atom is -0.464 e. The number of hydrogen-bond acceptors (Lipinski definition) is 3. The molecule has 0 spiro atoms. The van der Waals surface area contributed by atoms with E-state index in [0.29, 0.717) is 12.6 Å². The Hall–Kier alpha value is -0.800. The number of furan rings is 1. The molecule has 1 saturated carbocycles. The molecule has 1 heterocycles. The van der Waals surface area contributed by atoms with Crippen LogP contribution in [0.1, 0.15) is 56.7 Å². The molecule has 3 heteroatoms. The molecule has 0 amide bonds. The number of aryl methyl sites for hydroxylation is 1. The van der Waals surface area contributed by atoms with Crippen molar-refractivity contribution in [2.24, 2.45) is 11.7 Å². The van der Waals surface area contributed by atoms with E-state index in [9.17, 15) is 0 Å². The van der Waals surface area contributed by atoms with E-state index in [1.807, 2.05) is 19.1 Å². The van der Waals surface area contributed by atoms with Gasteiger partial charge in [0.15, 0.2) is 0 Å². The van der Waals surface area contributed by atoms with Crippen LogP contribution in [-0.2, 0) is 4.74 Å². The molecule has 2 rings (SSSR count). The third-order valence-corrected chi connectivity index (χ3v) is 3.96. The fraction of sp³-hybridized carbons (Fsp3) is 0.733. The van der Waals surface area contributed by atoms with Gasteiger partial charge >= 0.3 is 0 Å². The van der Waals surface area contributed by atoms with Crippen molar-refractivity contribution in [1.82, 2.24) is 0 Å². The van der Waals surface area contributed by atoms with E-state index >= 15 is 0 Å². The van der Waals surface area contributed by atoms with Gasteiger partial charge in [-0.05, 0) is 37.8 Å². The number of rotatable bonds is 5. The zero-order valence-electron chi connectivity index (χ0n) is 11.5. The van der Waals surface area contributed by atoms with Gasteiger partial charge in [-0.3, -0.25) is 0 Å². The molecule has 1 aromatic heterocycles. The molecule has 18 heavy (non-hydrogen) atoms. The smallest absolute Gasteiger partial charge is 0.134 e. The van der Waals surface area contributed by atoms with Crippen molar-refractivity contribution in [3.63, 3.8) is 0 Å². The molecule has 0 aliphatic heterocycles. The molecular weight excluding hydrogens is 226 g/mol. The summed E-state index contributed by atoms with van der Waals surface area (Å²) >= 11 is 0. The molecule has 3 atom stereocenters. The highest BCUT2D eigenvalue weighted by molar-refractivity contribution is 5.08. The van der Waals surface area contributed by atoms with Crippen molar-refractivity contribution >= 4 is 0 Å². The molecule has 0 aromatic carbocycles. The molecule has 0 radical (unpaired) electrons. The van der Waals surface area contributed by atoms with Crippen molar-refractivity contribution < 1.29 is 9.15 Å². The summed E-state index contributed by atoms with van der Waals surface area (Å²) in [6, 6.07) is 3.95. The highest BCUT2D eigenvalue weighted by Crippen LogP contribution is 2.31. The Labute approximate surface area is 110 Å². The summed E-state index contributed by atoms with van der Waals surface area (Å²) in [6.07, 6.45) is 6.48. The van der Waals surface area contributed by atoms with Crippen LogP contribution in [0.3, 0.4) is 0 Å². The van der Waals surface area contributed by atoms with E-state index in [0.717, 1.165) is 23.9 Å². The van der Waals surface area contributed by atoms with Gasteiger partial charge in [-0.1, -0.05) is 26.2 Å². The van der Waals surface area contributed by atoms with Crippen LogP contribution >= 0.6 is 0 Å². The maximum absolute atomic E-state index is 6.15. The summed E-state index contributed by atoms with van der Waals surface area (Å²) in [5, 5.41) is 0. The van der Waals surface area contributed by atoms with E-state index < -0.39 is 0 Å². The van der Waals surface area contributed by atoms with Gasteiger partial charge in [-0.25, -0.2) is 0 Å². The van der Waals surface area contributed by atoms with Gasteiger partial charge < -0.3 is 14.9 Å². The van der Waals surface area contributed by atoms with Crippen LogP contribution in [0.2, 0.25) is 0 Å². The van der Waals surface area contributed by atoms with Crippen LogP contribution in [0.25, 0.3) is 0 Å². The Bertz CT molecular complexity index is 361. The first kappa shape index (κ1) is 13.6. The third-order valence-electron chi connectivity index (χ3n) is 3.96. The van der Waals surface area contributed by atoms with E-state index in [-0.39, 0.29) is 6.10 Å². The van der Waals surface area contributed by atoms with Gasteiger partial charge in [-0.15, -0.1) is 0 Å². The monoisotopic (exact) mass is 251 g/mol. The van der Waals surface area contributed by atoms with Crippen LogP contribution in [0, 0.1) is 12.8 Å². The summed E-state index contributed by atoms with van der Waals surface area (Å²) in [6.45, 7) is 4.70. The molecule has 1 aliphatic carbocycles. The molecule has 3 unspecified atom stereocenters. The second-order valence-electron chi connectivity index (χ2n) is 5.37. The van der Waals surface area contributed by atoms with Gasteiger partial charge in [-0.2, -0.15) is 0 Å². The fourth-order valence-electron chi connectivity index (χ4n) is 2.83. The fourth-order valence-corrected chi connectivity index (χ4v) is 2.83. The Kier molecular flexibility index (Phi) is 4.84. The zero-order chi connectivity index (χ0) is 13.0. The number of nitrogens with two attached hydrogens (primary N) is 1. The largest absolute Gasteiger partial charge is 0.464 e. The summed E-state index contributed by atoms with van der Waals surface area (Å²) in [7, 11) is 0. The molecule has 2 N–H and O–H groups in total. The summed E-state index contributed by atoms with van der Waals surface area (Å²) in [5.41, 5.74) is 5.81. The summed E-state index contributed by atoms with van der Waals surface area (Å²) in [4.78, 5) is 0. The highest BCUT2D eigenvalue weighted by Gasteiger charge is 2.25. The topological polar surface area (TPSA) is 48.4 Å². The quantitative estimate of drug-likeness (QED) is 0.870. The minimum atomic E-state index is -0.0840. The van der Waals surface area contributed by atoms with Crippen LogP contribution in [0.4, 0.5) is 0 Å². The molecule has 0 bridgehead atoms. The number of hydrogen-bond donors (Lipinski definition) is 1. The van der Waals surface area contributed by atoms with Gasteiger partial charge in [0.25, 0.3) is 0 Å². The first-order chi connectivity index (χ1) is 8.72. The standard InChI is InChI=1S/C15H25NO2/c1-3-12-5-4-6-13(9-12)18-15(10-16)14-8-7-11(2)17-14/h7-8,12-13,15H,3-6,9-10,16H2,1-2H3. The van der Waals surface area contributed by atoms with Gasteiger partial charge in [0.05, 0.1) is 6.10 Å². The van der Waals surface area contributed by atoms with Crippen molar-refractivity contribution in [3.8, 4) is 0 Å². The Morgan fingerprint density at radius 3 is 2.89 bits per heavy atom. The van der Waals surface area contributed by atoms with Gasteiger partial charge in [0.1, 0.15) is 17.6 Å². The first-order valence-corrected chi connectivity index (χ1v) is 7.14. The van der Waals surface area contributed by atoms with Gasteiger partial charge in [0.2, 0.25) is 0 Å². The maximum atomic E-state index is 6.15. The van der Waals surface area contributed by atoms with Crippen molar-refractivity contribution in [3.05, 3.63) is 23.7 Å². The predicted octanol–water partition coefficient (Wildman–Crippen LogP) is 3.57. The molecule has 1 fully saturated rings. The number of ether oxygens (including phenoxy) is 1. The lowest BCUT2D eigenvalue weighted by Crippen LogP contribution is -2.27. The van der Waals surface area contributed by atoms with E-state index in [1.165, 1.54) is 25.7 Å². The molecule has 102 valence electrons. The molecule has 1 aliphatic rings. The summed E-state index contributed by atoms with van der Waals surface area (Å²) < 4.78 is 11.8. The highest BCUT2D eigenvalue weighted by atomic mass is 16.5. The van der Waals surface area contributed by atoms with Crippen molar-refractivity contribution in [2.75, 3.05) is 6.54 Å². The van der Waals surface area contributed by atoms with E-state index in [2.05, 4.69) is 6.92 Å². The first-order valence-electron chi connectivity index (χ1n) is 7.14. The van der Waals surface area contributed by atoms with E-state index in [4.69, 9.17) is 14.9 Å². The SMILES string of the molecule is CCC1CCCC(OC(CN)c2ccc(C)o2)C1. The Balaban J connectivity index is 1.93. The normalized spacial score (nSPS) is 26.2. The molecule has 0 saturated heterocycles. The zero-order valence-corrected chi connectivity index (χ0v) is 11.5. The van der Waals surface area contributed by atoms with Crippen molar-refractivity contribution in [1.29, 1.82) is 0 Å². The molecule has 3 nitrogen and oxygen atoms in total. The minimum absolute atomic E-state index is 0.0840. The second kappa shape index (κ2) is 6.39. The lowest BCUT2D eigenvalue weighted by atomic mass is 9.85. The third kappa shape index (κ3) is 3.36. The van der Waals surface area contributed by atoms with Crippen LogP contribution in [0.5, 0.6) is 0 Å². The molecular formula is C15H25NO2. The summed E-state index contributed by atoms with van der Waals surface area (Å²) in [5.74, 6) is 2.61. The van der Waals surface area contributed by atoms with E-state index in [1.54, 1.807) is 0 Å². The van der Waals surface area contributed by atoms with Crippen LogP contribution in [0.15, 0.2) is 16.5 Å². The molecule has 1 aromatic rings. The Morgan fingerprint density at radius 2 is 2.28 bits per heavy atom. The van der Waals surface area contributed by atoms with Gasteiger partial charge in [0, 0.05) is 6.54 Å². The lowest BCUT2D eigenvalue weighted by Gasteiger charge is -2.30. The lowest BCUT2D eigenvalue weighted by molar-refractivity contribution is -0.0467. The second-order valence-corrected chi connectivity index (χ2v) is 5.37. The van der Waals surface area contributed by atoms with Crippen molar-refractivity contribution in [2.45, 2.75) is 58.2 Å². The van der Waals surface area contributed by atoms with Crippen LogP contribution in [-0.4, -0.2) is 12.6 Å². The average molecular weight is 251 g/mol. The Morgan fingerprint density at radius 1 is 1.44 bits per heavy atom. The van der Waals surface area contributed by atoms with Crippen LogP contribution < -0.4 is 5.73 Å². The average Bonchev–Trinajstić information content (AvgIpc) is 2.82. The predicted molar refractivity (Wildman–Crippen MR) is 72.4 cm³/mol.